The summed E-state index contributed by atoms with van der Waals surface area (Å²) in [5, 5.41) is 0. The fourth-order valence-corrected chi connectivity index (χ4v) is 1.87. The molecule has 1 saturated heterocycles. The predicted octanol–water partition coefficient (Wildman–Crippen LogP) is 1.86. The molecule has 1 aromatic heterocycles. The van der Waals surface area contributed by atoms with E-state index in [0.29, 0.717) is 12.2 Å². The average Bonchev–Trinajstić information content (AvgIpc) is 2.65. The number of carbonyl (C=O) groups excluding carboxylic acids is 1. The molecule has 1 aliphatic heterocycles. The molecule has 0 radical (unpaired) electrons. The van der Waals surface area contributed by atoms with Crippen LogP contribution in [-0.4, -0.2) is 34.9 Å². The third-order valence-electron chi connectivity index (χ3n) is 2.46. The average molecular weight is 343 g/mol. The number of likely N-dealkylation sites (tertiary alicyclic amines) is 1. The van der Waals surface area contributed by atoms with Gasteiger partial charge in [-0.2, -0.15) is 0 Å². The van der Waals surface area contributed by atoms with E-state index >= 15 is 0 Å². The number of hydrogen-bond acceptors (Lipinski definition) is 3. The fourth-order valence-electron chi connectivity index (χ4n) is 1.64. The molecule has 0 aromatic carbocycles. The van der Waals surface area contributed by atoms with Crippen molar-refractivity contribution in [3.63, 3.8) is 0 Å². The number of halogens is 3. The number of aromatic nitrogens is 1. The summed E-state index contributed by atoms with van der Waals surface area (Å²) in [5.74, 6) is -0.0320. The Balaban J connectivity index is 0.00000128. The number of hydrogen-bond donors (Lipinski definition) is 1. The predicted molar refractivity (Wildman–Crippen MR) is 74.9 cm³/mol. The molecule has 1 fully saturated rings. The van der Waals surface area contributed by atoms with Crippen LogP contribution in [0.4, 0.5) is 0 Å². The molecule has 1 atom stereocenters. The molecule has 0 bridgehead atoms. The highest BCUT2D eigenvalue weighted by Gasteiger charge is 2.24. The summed E-state index contributed by atoms with van der Waals surface area (Å²) in [7, 11) is 0. The SMILES string of the molecule is Cl.Cl.NC1CCN(C(=O)c2ccc(Br)cn2)C1. The smallest absolute Gasteiger partial charge is 0.272 e. The first kappa shape index (κ1) is 16.6. The van der Waals surface area contributed by atoms with Gasteiger partial charge in [-0.15, -0.1) is 24.8 Å². The highest BCUT2D eigenvalue weighted by atomic mass is 79.9. The Morgan fingerprint density at radius 2 is 2.18 bits per heavy atom. The van der Waals surface area contributed by atoms with E-state index < -0.39 is 0 Å². The van der Waals surface area contributed by atoms with E-state index in [1.165, 1.54) is 0 Å². The lowest BCUT2D eigenvalue weighted by Crippen LogP contribution is -2.32. The van der Waals surface area contributed by atoms with Gasteiger partial charge in [0.2, 0.25) is 0 Å². The molecule has 2 rings (SSSR count). The van der Waals surface area contributed by atoms with Crippen LogP contribution in [0.3, 0.4) is 0 Å². The summed E-state index contributed by atoms with van der Waals surface area (Å²) in [6.45, 7) is 1.37. The van der Waals surface area contributed by atoms with Crippen molar-refractivity contribution in [3.05, 3.63) is 28.5 Å². The summed E-state index contributed by atoms with van der Waals surface area (Å²) >= 11 is 3.28. The van der Waals surface area contributed by atoms with Gasteiger partial charge in [-0.3, -0.25) is 4.79 Å². The van der Waals surface area contributed by atoms with Crippen molar-refractivity contribution in [2.75, 3.05) is 13.1 Å². The number of carbonyl (C=O) groups is 1. The summed E-state index contributed by atoms with van der Waals surface area (Å²) in [4.78, 5) is 17.7. The van der Waals surface area contributed by atoms with Crippen molar-refractivity contribution in [2.45, 2.75) is 12.5 Å². The first-order chi connectivity index (χ1) is 7.16. The molecule has 96 valence electrons. The van der Waals surface area contributed by atoms with E-state index in [2.05, 4.69) is 20.9 Å². The molecule has 2 heterocycles. The van der Waals surface area contributed by atoms with Gasteiger partial charge in [0.1, 0.15) is 5.69 Å². The Kier molecular flexibility index (Phi) is 7.01. The van der Waals surface area contributed by atoms with Crippen molar-refractivity contribution in [2.24, 2.45) is 5.73 Å². The van der Waals surface area contributed by atoms with Gasteiger partial charge >= 0.3 is 0 Å². The Labute approximate surface area is 121 Å². The minimum atomic E-state index is -0.0320. The van der Waals surface area contributed by atoms with E-state index in [4.69, 9.17) is 5.73 Å². The van der Waals surface area contributed by atoms with Crippen molar-refractivity contribution >= 4 is 46.7 Å². The molecule has 7 heteroatoms. The Morgan fingerprint density at radius 1 is 1.47 bits per heavy atom. The normalized spacial score (nSPS) is 18.2. The second-order valence-electron chi connectivity index (χ2n) is 3.66. The number of pyridine rings is 1. The van der Waals surface area contributed by atoms with Crippen molar-refractivity contribution < 1.29 is 4.79 Å². The van der Waals surface area contributed by atoms with Crippen LogP contribution in [0.15, 0.2) is 22.8 Å². The Morgan fingerprint density at radius 3 is 2.65 bits per heavy atom. The summed E-state index contributed by atoms with van der Waals surface area (Å²) in [6.07, 6.45) is 2.51. The number of nitrogens with zero attached hydrogens (tertiary/aromatic N) is 2. The minimum Gasteiger partial charge on any atom is -0.336 e. The highest BCUT2D eigenvalue weighted by Crippen LogP contribution is 2.13. The quantitative estimate of drug-likeness (QED) is 0.847. The molecule has 17 heavy (non-hydrogen) atoms. The molecule has 1 amide bonds. The molecule has 0 spiro atoms. The maximum atomic E-state index is 11.9. The second-order valence-corrected chi connectivity index (χ2v) is 4.58. The second kappa shape index (κ2) is 7.16. The largest absolute Gasteiger partial charge is 0.336 e. The molecular formula is C10H14BrCl2N3O. The van der Waals surface area contributed by atoms with Crippen LogP contribution in [0.1, 0.15) is 16.9 Å². The zero-order valence-electron chi connectivity index (χ0n) is 9.01. The number of rotatable bonds is 1. The van der Waals surface area contributed by atoms with E-state index in [0.717, 1.165) is 17.4 Å². The zero-order valence-corrected chi connectivity index (χ0v) is 12.2. The van der Waals surface area contributed by atoms with Gasteiger partial charge in [-0.1, -0.05) is 0 Å². The standard InChI is InChI=1S/C10H12BrN3O.2ClH/c11-7-1-2-9(13-5-7)10(15)14-4-3-8(12)6-14;;/h1-2,5,8H,3-4,6,12H2;2*1H. The molecule has 1 aromatic rings. The fraction of sp³-hybridized carbons (Fsp3) is 0.400. The van der Waals surface area contributed by atoms with Crippen LogP contribution in [0, 0.1) is 0 Å². The van der Waals surface area contributed by atoms with E-state index in [1.807, 2.05) is 6.07 Å². The van der Waals surface area contributed by atoms with E-state index in [1.54, 1.807) is 17.2 Å². The summed E-state index contributed by atoms with van der Waals surface area (Å²) in [6, 6.07) is 3.65. The third-order valence-corrected chi connectivity index (χ3v) is 2.93. The molecule has 2 N–H and O–H groups in total. The lowest BCUT2D eigenvalue weighted by atomic mass is 10.3. The highest BCUT2D eigenvalue weighted by molar-refractivity contribution is 9.10. The van der Waals surface area contributed by atoms with Gasteiger partial charge in [0.05, 0.1) is 0 Å². The lowest BCUT2D eigenvalue weighted by Gasteiger charge is -2.14. The molecule has 0 saturated carbocycles. The Bertz CT molecular complexity index is 374. The van der Waals surface area contributed by atoms with Gasteiger partial charge in [0.25, 0.3) is 5.91 Å². The van der Waals surface area contributed by atoms with Gasteiger partial charge in [-0.05, 0) is 34.5 Å². The summed E-state index contributed by atoms with van der Waals surface area (Å²) in [5.41, 5.74) is 6.22. The van der Waals surface area contributed by atoms with Crippen LogP contribution in [-0.2, 0) is 0 Å². The van der Waals surface area contributed by atoms with Crippen molar-refractivity contribution in [1.29, 1.82) is 0 Å². The monoisotopic (exact) mass is 341 g/mol. The third kappa shape index (κ3) is 4.10. The molecule has 0 aliphatic carbocycles. The van der Waals surface area contributed by atoms with Gasteiger partial charge < -0.3 is 10.6 Å². The zero-order chi connectivity index (χ0) is 10.8. The number of amides is 1. The molecular weight excluding hydrogens is 329 g/mol. The van der Waals surface area contributed by atoms with Crippen molar-refractivity contribution in [3.8, 4) is 0 Å². The number of nitrogens with two attached hydrogens (primary N) is 1. The summed E-state index contributed by atoms with van der Waals surface area (Å²) < 4.78 is 0.872. The Hall–Kier alpha value is -0.360. The first-order valence-corrected chi connectivity index (χ1v) is 5.62. The van der Waals surface area contributed by atoms with Gasteiger partial charge in [-0.25, -0.2) is 4.98 Å². The maximum absolute atomic E-state index is 11.9. The topological polar surface area (TPSA) is 59.2 Å². The van der Waals surface area contributed by atoms with Crippen LogP contribution in [0.5, 0.6) is 0 Å². The van der Waals surface area contributed by atoms with Crippen LogP contribution < -0.4 is 5.73 Å². The molecule has 1 unspecified atom stereocenters. The molecule has 1 aliphatic rings. The van der Waals surface area contributed by atoms with Crippen LogP contribution >= 0.6 is 40.7 Å². The van der Waals surface area contributed by atoms with Crippen LogP contribution in [0.25, 0.3) is 0 Å². The lowest BCUT2D eigenvalue weighted by molar-refractivity contribution is 0.0785. The first-order valence-electron chi connectivity index (χ1n) is 4.83. The van der Waals surface area contributed by atoms with Gasteiger partial charge in [0.15, 0.2) is 0 Å². The maximum Gasteiger partial charge on any atom is 0.272 e. The minimum absolute atomic E-state index is 0. The van der Waals surface area contributed by atoms with Gasteiger partial charge in [0, 0.05) is 29.8 Å². The van der Waals surface area contributed by atoms with E-state index in [9.17, 15) is 4.79 Å². The van der Waals surface area contributed by atoms with Crippen LogP contribution in [0.2, 0.25) is 0 Å². The van der Waals surface area contributed by atoms with Crippen molar-refractivity contribution in [1.82, 2.24) is 9.88 Å². The van der Waals surface area contributed by atoms with E-state index in [-0.39, 0.29) is 36.8 Å². The molecule has 4 nitrogen and oxygen atoms in total.